The van der Waals surface area contributed by atoms with Crippen LogP contribution in [0.25, 0.3) is 5.76 Å². The predicted octanol–water partition coefficient (Wildman–Crippen LogP) is 3.79. The molecule has 90 valence electrons. The number of hydrogen-bond acceptors (Lipinski definition) is 3. The first-order valence-electron chi connectivity index (χ1n) is 5.88. The van der Waals surface area contributed by atoms with Gasteiger partial charge in [0.05, 0.1) is 5.25 Å². The lowest BCUT2D eigenvalue weighted by atomic mass is 9.90. The summed E-state index contributed by atoms with van der Waals surface area (Å²) in [7, 11) is 0. The molecule has 0 unspecified atom stereocenters. The predicted molar refractivity (Wildman–Crippen MR) is 77.4 cm³/mol. The maximum absolute atomic E-state index is 6.17. The molecule has 0 saturated heterocycles. The fourth-order valence-corrected chi connectivity index (χ4v) is 4.75. The van der Waals surface area contributed by atoms with Gasteiger partial charge in [-0.3, -0.25) is 0 Å². The van der Waals surface area contributed by atoms with E-state index in [-0.39, 0.29) is 0 Å². The number of aryl methyl sites for hydroxylation is 1. The van der Waals surface area contributed by atoms with E-state index < -0.39 is 0 Å². The molecular formula is C14H16OS2. The normalized spacial score (nSPS) is 26.5. The molecule has 0 spiro atoms. The quantitative estimate of drug-likeness (QED) is 0.804. The van der Waals surface area contributed by atoms with Crippen molar-refractivity contribution in [1.82, 2.24) is 0 Å². The molecule has 1 aromatic carbocycles. The second-order valence-electron chi connectivity index (χ2n) is 4.39. The van der Waals surface area contributed by atoms with Crippen molar-refractivity contribution in [2.45, 2.75) is 23.5 Å². The number of benzene rings is 1. The van der Waals surface area contributed by atoms with Crippen molar-refractivity contribution in [2.24, 2.45) is 0 Å². The van der Waals surface area contributed by atoms with Crippen LogP contribution >= 0.6 is 23.5 Å². The Morgan fingerprint density at radius 1 is 1.12 bits per heavy atom. The summed E-state index contributed by atoms with van der Waals surface area (Å²) in [4.78, 5) is 0. The van der Waals surface area contributed by atoms with Gasteiger partial charge in [-0.05, 0) is 36.5 Å². The lowest BCUT2D eigenvalue weighted by Crippen LogP contribution is -2.17. The van der Waals surface area contributed by atoms with E-state index in [4.69, 9.17) is 4.74 Å². The van der Waals surface area contributed by atoms with Crippen LogP contribution < -0.4 is 0 Å². The van der Waals surface area contributed by atoms with Gasteiger partial charge < -0.3 is 4.74 Å². The van der Waals surface area contributed by atoms with Crippen LogP contribution in [0, 0.1) is 0 Å². The Morgan fingerprint density at radius 2 is 1.94 bits per heavy atom. The number of ether oxygens (including phenoxy) is 1. The molecule has 0 amide bonds. The van der Waals surface area contributed by atoms with Crippen LogP contribution in [0.1, 0.15) is 17.5 Å². The Morgan fingerprint density at radius 3 is 2.71 bits per heavy atom. The second-order valence-corrected chi connectivity index (χ2v) is 6.31. The molecule has 0 fully saturated rings. The highest BCUT2D eigenvalue weighted by Crippen LogP contribution is 2.46. The highest BCUT2D eigenvalue weighted by Gasteiger charge is 2.38. The molecule has 1 heterocycles. The zero-order valence-corrected chi connectivity index (χ0v) is 11.7. The van der Waals surface area contributed by atoms with Crippen LogP contribution in [0.2, 0.25) is 0 Å². The van der Waals surface area contributed by atoms with Gasteiger partial charge in [0.25, 0.3) is 0 Å². The minimum absolute atomic E-state index is 0.293. The van der Waals surface area contributed by atoms with Crippen molar-refractivity contribution in [3.8, 4) is 0 Å². The van der Waals surface area contributed by atoms with E-state index in [1.54, 1.807) is 0 Å². The summed E-state index contributed by atoms with van der Waals surface area (Å²) in [5.74, 6) is 1.17. The monoisotopic (exact) mass is 264 g/mol. The van der Waals surface area contributed by atoms with E-state index in [2.05, 4.69) is 36.8 Å². The smallest absolute Gasteiger partial charge is 0.160 e. The van der Waals surface area contributed by atoms with Crippen LogP contribution in [0.4, 0.5) is 0 Å². The first-order valence-corrected chi connectivity index (χ1v) is 8.46. The molecule has 3 heteroatoms. The molecule has 0 saturated carbocycles. The zero-order valence-electron chi connectivity index (χ0n) is 10.1. The zero-order chi connectivity index (χ0) is 11.8. The Hall–Kier alpha value is -0.540. The Bertz CT molecular complexity index is 467. The van der Waals surface area contributed by atoms with Gasteiger partial charge in [0.15, 0.2) is 5.44 Å². The van der Waals surface area contributed by atoms with Crippen molar-refractivity contribution in [2.75, 3.05) is 12.5 Å². The van der Waals surface area contributed by atoms with E-state index >= 15 is 0 Å². The molecule has 1 aromatic rings. The van der Waals surface area contributed by atoms with E-state index in [9.17, 15) is 0 Å². The van der Waals surface area contributed by atoms with E-state index in [0.717, 1.165) is 12.8 Å². The summed E-state index contributed by atoms with van der Waals surface area (Å²) in [6.07, 6.45) is 6.65. The van der Waals surface area contributed by atoms with Crippen LogP contribution in [0.5, 0.6) is 0 Å². The first kappa shape index (κ1) is 11.5. The summed E-state index contributed by atoms with van der Waals surface area (Å²) in [6, 6.07) is 8.66. The van der Waals surface area contributed by atoms with Crippen LogP contribution in [0.3, 0.4) is 0 Å². The average Bonchev–Trinajstić information content (AvgIpc) is 2.76. The Kier molecular flexibility index (Phi) is 3.14. The largest absolute Gasteiger partial charge is 0.478 e. The number of rotatable bonds is 2. The molecule has 3 rings (SSSR count). The van der Waals surface area contributed by atoms with Crippen molar-refractivity contribution >= 4 is 29.3 Å². The molecule has 2 atom stereocenters. The van der Waals surface area contributed by atoms with E-state index in [0.29, 0.717) is 10.7 Å². The van der Waals surface area contributed by atoms with Crippen molar-refractivity contribution < 1.29 is 4.74 Å². The average molecular weight is 264 g/mol. The minimum Gasteiger partial charge on any atom is -0.478 e. The highest BCUT2D eigenvalue weighted by molar-refractivity contribution is 8.03. The topological polar surface area (TPSA) is 9.23 Å². The van der Waals surface area contributed by atoms with Gasteiger partial charge in [0.2, 0.25) is 0 Å². The first-order chi connectivity index (χ1) is 8.35. The number of fused-ring (bicyclic) bond motifs is 2. The summed E-state index contributed by atoms with van der Waals surface area (Å²) in [6.45, 7) is 0. The molecule has 1 nitrogen and oxygen atoms in total. The van der Waals surface area contributed by atoms with Gasteiger partial charge in [-0.1, -0.05) is 24.3 Å². The van der Waals surface area contributed by atoms with Gasteiger partial charge in [0.1, 0.15) is 5.76 Å². The number of thioether (sulfide) groups is 2. The molecule has 0 aromatic heterocycles. The highest BCUT2D eigenvalue weighted by atomic mass is 32.2. The number of hydrogen-bond donors (Lipinski definition) is 0. The molecule has 0 bridgehead atoms. The summed E-state index contributed by atoms with van der Waals surface area (Å²) >= 11 is 3.74. The fourth-order valence-electron chi connectivity index (χ4n) is 2.69. The third-order valence-electron chi connectivity index (χ3n) is 3.53. The molecule has 1 aliphatic heterocycles. The lowest BCUT2D eigenvalue weighted by Gasteiger charge is -2.18. The third-order valence-corrected chi connectivity index (χ3v) is 5.57. The SMILES string of the molecule is CS[C@@H]1C2=C(O[C@H]1SC)c1ccccc1CC2. The Labute approximate surface area is 111 Å². The molecule has 1 aliphatic carbocycles. The van der Waals surface area contributed by atoms with Gasteiger partial charge in [-0.2, -0.15) is 11.8 Å². The Balaban J connectivity index is 2.04. The van der Waals surface area contributed by atoms with Gasteiger partial charge in [-0.15, -0.1) is 11.8 Å². The van der Waals surface area contributed by atoms with Crippen LogP contribution in [0.15, 0.2) is 29.8 Å². The summed E-state index contributed by atoms with van der Waals surface area (Å²) in [5, 5.41) is 0.536. The molecular weight excluding hydrogens is 248 g/mol. The van der Waals surface area contributed by atoms with Gasteiger partial charge >= 0.3 is 0 Å². The van der Waals surface area contributed by atoms with Crippen LogP contribution in [-0.4, -0.2) is 23.2 Å². The van der Waals surface area contributed by atoms with Gasteiger partial charge in [0, 0.05) is 5.56 Å². The maximum atomic E-state index is 6.17. The van der Waals surface area contributed by atoms with E-state index in [1.807, 2.05) is 23.5 Å². The maximum Gasteiger partial charge on any atom is 0.160 e. The van der Waals surface area contributed by atoms with Crippen LogP contribution in [-0.2, 0) is 11.2 Å². The molecule has 0 radical (unpaired) electrons. The molecule has 2 aliphatic rings. The second kappa shape index (κ2) is 4.62. The molecule has 0 N–H and O–H groups in total. The third kappa shape index (κ3) is 1.80. The lowest BCUT2D eigenvalue weighted by molar-refractivity contribution is 0.279. The minimum atomic E-state index is 0.293. The molecule has 17 heavy (non-hydrogen) atoms. The summed E-state index contributed by atoms with van der Waals surface area (Å²) in [5.41, 5.74) is 4.58. The fraction of sp³-hybridized carbons (Fsp3) is 0.429. The standard InChI is InChI=1S/C14H16OS2/c1-16-13-11-8-7-9-5-3-4-6-10(9)12(11)15-14(13)17-2/h3-6,13-14H,7-8H2,1-2H3/t13-,14+/m1/s1. The van der Waals surface area contributed by atoms with Crippen molar-refractivity contribution in [3.05, 3.63) is 41.0 Å². The van der Waals surface area contributed by atoms with Gasteiger partial charge in [-0.25, -0.2) is 0 Å². The van der Waals surface area contributed by atoms with E-state index in [1.165, 1.54) is 22.5 Å². The summed E-state index contributed by atoms with van der Waals surface area (Å²) < 4.78 is 6.17. The van der Waals surface area contributed by atoms with Crippen molar-refractivity contribution in [3.63, 3.8) is 0 Å². The van der Waals surface area contributed by atoms with Crippen molar-refractivity contribution in [1.29, 1.82) is 0 Å².